The molecule has 0 aliphatic rings. The summed E-state index contributed by atoms with van der Waals surface area (Å²) in [4.78, 5) is 12.4. The van der Waals surface area contributed by atoms with Crippen LogP contribution in [0.25, 0.3) is 11.0 Å². The minimum Gasteiger partial charge on any atom is -0.462 e. The normalized spacial score (nSPS) is 11.7. The maximum atomic E-state index is 12.7. The van der Waals surface area contributed by atoms with Gasteiger partial charge in [0.05, 0.1) is 23.9 Å². The summed E-state index contributed by atoms with van der Waals surface area (Å²) in [6, 6.07) is 11.1. The maximum absolute atomic E-state index is 12.7. The highest BCUT2D eigenvalue weighted by Crippen LogP contribution is 2.28. The highest BCUT2D eigenvalue weighted by molar-refractivity contribution is 7.90. The van der Waals surface area contributed by atoms with Gasteiger partial charge >= 0.3 is 5.97 Å². The molecule has 1 aromatic heterocycles. The van der Waals surface area contributed by atoms with Crippen LogP contribution in [-0.4, -0.2) is 26.1 Å². The molecule has 0 atom stereocenters. The van der Waals surface area contributed by atoms with Crippen LogP contribution in [0.3, 0.4) is 0 Å². The second kappa shape index (κ2) is 7.54. The van der Waals surface area contributed by atoms with Crippen LogP contribution in [0.15, 0.2) is 51.8 Å². The largest absolute Gasteiger partial charge is 0.462 e. The number of aliphatic hydroxyl groups excluding tert-OH is 1. The summed E-state index contributed by atoms with van der Waals surface area (Å²) in [5.74, 6) is -0.273. The third kappa shape index (κ3) is 3.89. The Labute approximate surface area is 157 Å². The van der Waals surface area contributed by atoms with Crippen molar-refractivity contribution in [2.24, 2.45) is 0 Å². The number of aryl methyl sites for hydroxylation is 1. The Hall–Kier alpha value is -2.64. The van der Waals surface area contributed by atoms with Crippen LogP contribution < -0.4 is 0 Å². The van der Waals surface area contributed by atoms with Gasteiger partial charge in [0.25, 0.3) is 0 Å². The van der Waals surface area contributed by atoms with Crippen LogP contribution in [0.5, 0.6) is 0 Å². The first kappa shape index (κ1) is 19.1. The minimum absolute atomic E-state index is 0.145. The van der Waals surface area contributed by atoms with Crippen LogP contribution in [0.1, 0.15) is 34.2 Å². The van der Waals surface area contributed by atoms with Crippen molar-refractivity contribution in [3.8, 4) is 0 Å². The monoisotopic (exact) mass is 388 g/mol. The standard InChI is InChI=1S/C20H20O6S/c1-3-25-20(22)19-13(2)26-18-9-6-15(10-17(18)19)12-27(23,24)16-7-4-14(11-21)5-8-16/h4-10,21H,3,11-12H2,1-2H3. The van der Waals surface area contributed by atoms with E-state index in [4.69, 9.17) is 14.3 Å². The number of sulfone groups is 1. The molecule has 6 nitrogen and oxygen atoms in total. The number of esters is 1. The van der Waals surface area contributed by atoms with E-state index in [1.807, 2.05) is 0 Å². The van der Waals surface area contributed by atoms with Crippen LogP contribution in [-0.2, 0) is 26.9 Å². The first-order valence-electron chi connectivity index (χ1n) is 8.47. The minimum atomic E-state index is -3.57. The second-order valence-electron chi connectivity index (χ2n) is 6.15. The smallest absolute Gasteiger partial charge is 0.342 e. The van der Waals surface area contributed by atoms with Gasteiger partial charge in [0.2, 0.25) is 0 Å². The number of carbonyl (C=O) groups excluding carboxylic acids is 1. The number of aliphatic hydroxyl groups is 1. The SMILES string of the molecule is CCOC(=O)c1c(C)oc2ccc(CS(=O)(=O)c3ccc(CO)cc3)cc12. The van der Waals surface area contributed by atoms with Gasteiger partial charge in [-0.2, -0.15) is 0 Å². The van der Waals surface area contributed by atoms with E-state index in [-0.39, 0.29) is 23.9 Å². The molecule has 142 valence electrons. The fourth-order valence-electron chi connectivity index (χ4n) is 2.92. The van der Waals surface area contributed by atoms with E-state index in [1.165, 1.54) is 12.1 Å². The van der Waals surface area contributed by atoms with E-state index >= 15 is 0 Å². The lowest BCUT2D eigenvalue weighted by atomic mass is 10.1. The molecule has 1 heterocycles. The molecule has 3 rings (SSSR count). The molecule has 0 radical (unpaired) electrons. The Kier molecular flexibility index (Phi) is 5.34. The third-order valence-corrected chi connectivity index (χ3v) is 5.93. The van der Waals surface area contributed by atoms with Crippen molar-refractivity contribution in [2.75, 3.05) is 6.61 Å². The number of ether oxygens (including phenoxy) is 1. The number of hydrogen-bond acceptors (Lipinski definition) is 6. The average Bonchev–Trinajstić information content (AvgIpc) is 2.96. The highest BCUT2D eigenvalue weighted by Gasteiger charge is 2.21. The van der Waals surface area contributed by atoms with Crippen LogP contribution in [0, 0.1) is 6.92 Å². The van der Waals surface area contributed by atoms with Crippen LogP contribution >= 0.6 is 0 Å². The summed E-state index contributed by atoms with van der Waals surface area (Å²) in [6.07, 6.45) is 0. The highest BCUT2D eigenvalue weighted by atomic mass is 32.2. The zero-order valence-electron chi connectivity index (χ0n) is 15.1. The van der Waals surface area contributed by atoms with Crippen molar-refractivity contribution in [3.05, 3.63) is 64.9 Å². The molecule has 0 saturated carbocycles. The number of furan rings is 1. The van der Waals surface area contributed by atoms with E-state index in [1.54, 1.807) is 44.2 Å². The van der Waals surface area contributed by atoms with E-state index in [0.717, 1.165) is 0 Å². The Morgan fingerprint density at radius 3 is 2.41 bits per heavy atom. The van der Waals surface area contributed by atoms with Gasteiger partial charge in [-0.25, -0.2) is 13.2 Å². The summed E-state index contributed by atoms with van der Waals surface area (Å²) < 4.78 is 36.0. The van der Waals surface area contributed by atoms with E-state index in [0.29, 0.717) is 33.4 Å². The summed E-state index contributed by atoms with van der Waals surface area (Å²) in [6.45, 7) is 3.48. The molecule has 0 aliphatic carbocycles. The van der Waals surface area contributed by atoms with Crippen LogP contribution in [0.4, 0.5) is 0 Å². The van der Waals surface area contributed by atoms with Crippen molar-refractivity contribution in [1.82, 2.24) is 0 Å². The first-order chi connectivity index (χ1) is 12.9. The van der Waals surface area contributed by atoms with Gasteiger partial charge in [0.1, 0.15) is 16.9 Å². The third-order valence-electron chi connectivity index (χ3n) is 4.23. The van der Waals surface area contributed by atoms with Crippen molar-refractivity contribution in [3.63, 3.8) is 0 Å². The predicted octanol–water partition coefficient (Wildman–Crippen LogP) is 3.38. The molecule has 1 N–H and O–H groups in total. The summed E-state index contributed by atoms with van der Waals surface area (Å²) in [5, 5.41) is 9.62. The number of fused-ring (bicyclic) bond motifs is 1. The van der Waals surface area contributed by atoms with Gasteiger partial charge in [-0.15, -0.1) is 0 Å². The summed E-state index contributed by atoms with van der Waals surface area (Å²) in [5.41, 5.74) is 2.01. The molecule has 0 amide bonds. The fraction of sp³-hybridized carbons (Fsp3) is 0.250. The van der Waals surface area contributed by atoms with Gasteiger partial charge < -0.3 is 14.3 Å². The lowest BCUT2D eigenvalue weighted by Crippen LogP contribution is -2.06. The molecule has 0 unspecified atom stereocenters. The molecule has 0 fully saturated rings. The Bertz CT molecular complexity index is 1080. The van der Waals surface area contributed by atoms with Gasteiger partial charge in [0.15, 0.2) is 9.84 Å². The Morgan fingerprint density at radius 1 is 1.11 bits per heavy atom. The second-order valence-corrected chi connectivity index (χ2v) is 8.13. The van der Waals surface area contributed by atoms with Crippen molar-refractivity contribution in [2.45, 2.75) is 31.1 Å². The van der Waals surface area contributed by atoms with Crippen molar-refractivity contribution >= 4 is 26.8 Å². The zero-order chi connectivity index (χ0) is 19.6. The molecule has 0 aliphatic heterocycles. The molecule has 7 heteroatoms. The number of benzene rings is 2. The quantitative estimate of drug-likeness (QED) is 0.651. The average molecular weight is 388 g/mol. The zero-order valence-corrected chi connectivity index (χ0v) is 15.9. The molecule has 2 aromatic carbocycles. The van der Waals surface area contributed by atoms with E-state index in [9.17, 15) is 13.2 Å². The summed E-state index contributed by atoms with van der Waals surface area (Å²) >= 11 is 0. The fourth-order valence-corrected chi connectivity index (χ4v) is 4.25. The number of rotatable bonds is 6. The maximum Gasteiger partial charge on any atom is 0.342 e. The first-order valence-corrected chi connectivity index (χ1v) is 10.1. The molecule has 0 saturated heterocycles. The van der Waals surface area contributed by atoms with E-state index in [2.05, 4.69) is 0 Å². The topological polar surface area (TPSA) is 93.8 Å². The molecule has 3 aromatic rings. The lowest BCUT2D eigenvalue weighted by molar-refractivity contribution is 0.0526. The van der Waals surface area contributed by atoms with Gasteiger partial charge in [-0.1, -0.05) is 18.2 Å². The molecule has 0 bridgehead atoms. The van der Waals surface area contributed by atoms with Crippen LogP contribution in [0.2, 0.25) is 0 Å². The lowest BCUT2D eigenvalue weighted by Gasteiger charge is -2.06. The number of hydrogen-bond donors (Lipinski definition) is 1. The molecular weight excluding hydrogens is 368 g/mol. The molecule has 27 heavy (non-hydrogen) atoms. The van der Waals surface area contributed by atoms with Gasteiger partial charge in [-0.3, -0.25) is 0 Å². The predicted molar refractivity (Wildman–Crippen MR) is 100 cm³/mol. The Morgan fingerprint density at radius 2 is 1.78 bits per heavy atom. The molecular formula is C20H20O6S. The molecule has 0 spiro atoms. The number of carbonyl (C=O) groups is 1. The Balaban J connectivity index is 1.96. The van der Waals surface area contributed by atoms with Gasteiger partial charge in [0, 0.05) is 5.39 Å². The van der Waals surface area contributed by atoms with Gasteiger partial charge in [-0.05, 0) is 49.2 Å². The van der Waals surface area contributed by atoms with E-state index < -0.39 is 15.8 Å². The van der Waals surface area contributed by atoms with Crippen molar-refractivity contribution < 1.29 is 27.5 Å². The van der Waals surface area contributed by atoms with Crippen molar-refractivity contribution in [1.29, 1.82) is 0 Å². The summed E-state index contributed by atoms with van der Waals surface area (Å²) in [7, 11) is -3.57.